The van der Waals surface area contributed by atoms with Gasteiger partial charge in [0.05, 0.1) is 11.6 Å². The molecule has 2 aromatic carbocycles. The van der Waals surface area contributed by atoms with Crippen molar-refractivity contribution in [2.24, 2.45) is 0 Å². The number of aliphatic hydroxyl groups excluding tert-OH is 1. The first-order valence-electron chi connectivity index (χ1n) is 11.0. The van der Waals surface area contributed by atoms with Crippen LogP contribution in [0.25, 0.3) is 5.76 Å². The zero-order chi connectivity index (χ0) is 24.0. The van der Waals surface area contributed by atoms with Crippen LogP contribution in [0, 0.1) is 0 Å². The van der Waals surface area contributed by atoms with Gasteiger partial charge in [-0.2, -0.15) is 0 Å². The Hall–Kier alpha value is -4.13. The van der Waals surface area contributed by atoms with E-state index in [1.54, 1.807) is 30.3 Å². The molecule has 1 aromatic heterocycles. The third kappa shape index (κ3) is 3.59. The van der Waals surface area contributed by atoms with Gasteiger partial charge in [0.25, 0.3) is 11.7 Å². The summed E-state index contributed by atoms with van der Waals surface area (Å²) in [6, 6.07) is 15.3. The van der Waals surface area contributed by atoms with Crippen molar-refractivity contribution in [3.05, 3.63) is 89.3 Å². The van der Waals surface area contributed by atoms with Crippen LogP contribution < -0.4 is 14.4 Å². The minimum Gasteiger partial charge on any atom is -0.507 e. The Balaban J connectivity index is 1.69. The lowest BCUT2D eigenvalue weighted by Gasteiger charge is -2.26. The van der Waals surface area contributed by atoms with Gasteiger partial charge in [-0.05, 0) is 40.8 Å². The van der Waals surface area contributed by atoms with Gasteiger partial charge in [-0.3, -0.25) is 19.5 Å². The molecule has 1 saturated heterocycles. The number of carbonyl (C=O) groups is 2. The molecular weight excluding hydrogens is 432 g/mol. The van der Waals surface area contributed by atoms with Crippen molar-refractivity contribution in [2.45, 2.75) is 32.2 Å². The number of ketones is 1. The maximum atomic E-state index is 13.3. The van der Waals surface area contributed by atoms with Gasteiger partial charge in [-0.1, -0.05) is 45.0 Å². The SMILES string of the molecule is CC(C)(C)c1ccc(C2/C(=C(\O)c3ccncc3)C(=O)C(=O)N2c2ccc3c(c2)OCO3)cc1. The van der Waals surface area contributed by atoms with Crippen LogP contribution in [0.5, 0.6) is 11.5 Å². The van der Waals surface area contributed by atoms with Crippen LogP contribution in [0.4, 0.5) is 5.69 Å². The van der Waals surface area contributed by atoms with Gasteiger partial charge in [0.15, 0.2) is 11.5 Å². The average Bonchev–Trinajstić information content (AvgIpc) is 3.40. The third-order valence-corrected chi connectivity index (χ3v) is 6.12. The molecule has 3 aromatic rings. The highest BCUT2D eigenvalue weighted by Crippen LogP contribution is 2.45. The van der Waals surface area contributed by atoms with Gasteiger partial charge >= 0.3 is 0 Å². The second-order valence-electron chi connectivity index (χ2n) is 9.31. The van der Waals surface area contributed by atoms with Crippen LogP contribution in [0.3, 0.4) is 0 Å². The molecule has 172 valence electrons. The van der Waals surface area contributed by atoms with Gasteiger partial charge in [-0.25, -0.2) is 0 Å². The fraction of sp³-hybridized carbons (Fsp3) is 0.222. The molecule has 1 fully saturated rings. The maximum Gasteiger partial charge on any atom is 0.300 e. The summed E-state index contributed by atoms with van der Waals surface area (Å²) in [7, 11) is 0. The van der Waals surface area contributed by atoms with Crippen molar-refractivity contribution >= 4 is 23.1 Å². The highest BCUT2D eigenvalue weighted by molar-refractivity contribution is 6.51. The Morgan fingerprint density at radius 1 is 0.971 bits per heavy atom. The maximum absolute atomic E-state index is 13.3. The van der Waals surface area contributed by atoms with Gasteiger partial charge in [0.1, 0.15) is 5.76 Å². The van der Waals surface area contributed by atoms with Crippen molar-refractivity contribution in [1.29, 1.82) is 0 Å². The van der Waals surface area contributed by atoms with Gasteiger partial charge in [-0.15, -0.1) is 0 Å². The largest absolute Gasteiger partial charge is 0.507 e. The molecule has 1 unspecified atom stereocenters. The number of aromatic nitrogens is 1. The van der Waals surface area contributed by atoms with E-state index in [1.807, 2.05) is 24.3 Å². The Bertz CT molecular complexity index is 1310. The second-order valence-corrected chi connectivity index (χ2v) is 9.31. The number of benzene rings is 2. The third-order valence-electron chi connectivity index (χ3n) is 6.12. The number of ether oxygens (including phenoxy) is 2. The average molecular weight is 456 g/mol. The second kappa shape index (κ2) is 8.02. The Labute approximate surface area is 197 Å². The summed E-state index contributed by atoms with van der Waals surface area (Å²) in [5, 5.41) is 11.2. The molecule has 1 amide bonds. The number of fused-ring (bicyclic) bond motifs is 1. The molecule has 0 spiro atoms. The van der Waals surface area contributed by atoms with Gasteiger partial charge in [0, 0.05) is 29.7 Å². The quantitative estimate of drug-likeness (QED) is 0.348. The van der Waals surface area contributed by atoms with Crippen molar-refractivity contribution in [2.75, 3.05) is 11.7 Å². The Morgan fingerprint density at radius 2 is 1.65 bits per heavy atom. The van der Waals surface area contributed by atoms with E-state index in [1.165, 1.54) is 17.3 Å². The number of amides is 1. The first-order chi connectivity index (χ1) is 16.3. The number of aliphatic hydroxyl groups is 1. The van der Waals surface area contributed by atoms with E-state index >= 15 is 0 Å². The molecule has 34 heavy (non-hydrogen) atoms. The minimum absolute atomic E-state index is 0.0253. The molecule has 1 atom stereocenters. The van der Waals surface area contributed by atoms with Crippen LogP contribution in [0.15, 0.2) is 72.6 Å². The van der Waals surface area contributed by atoms with Crippen LogP contribution in [-0.2, 0) is 15.0 Å². The van der Waals surface area contributed by atoms with E-state index in [0.717, 1.165) is 5.56 Å². The van der Waals surface area contributed by atoms with E-state index < -0.39 is 17.7 Å². The van der Waals surface area contributed by atoms with E-state index in [2.05, 4.69) is 25.8 Å². The number of nitrogens with zero attached hydrogens (tertiary/aromatic N) is 2. The lowest BCUT2D eigenvalue weighted by atomic mass is 9.85. The molecule has 2 aliphatic rings. The molecule has 7 nitrogen and oxygen atoms in total. The number of hydrogen-bond donors (Lipinski definition) is 1. The first kappa shape index (κ1) is 21.7. The summed E-state index contributed by atoms with van der Waals surface area (Å²) in [5.41, 5.74) is 2.68. The lowest BCUT2D eigenvalue weighted by molar-refractivity contribution is -0.132. The fourth-order valence-corrected chi connectivity index (χ4v) is 4.28. The standard InChI is InChI=1S/C27H24N2O5/c1-27(2,3)18-6-4-16(5-7-18)23-22(24(30)17-10-12-28-13-11-17)25(31)26(32)29(23)19-8-9-20-21(14-19)34-15-33-20/h4-14,23,30H,15H2,1-3H3/b24-22+. The predicted octanol–water partition coefficient (Wildman–Crippen LogP) is 4.73. The summed E-state index contributed by atoms with van der Waals surface area (Å²) >= 11 is 0. The Kier molecular flexibility index (Phi) is 5.12. The van der Waals surface area contributed by atoms with E-state index in [9.17, 15) is 14.7 Å². The van der Waals surface area contributed by atoms with Crippen molar-refractivity contribution in [3.63, 3.8) is 0 Å². The van der Waals surface area contributed by atoms with E-state index in [4.69, 9.17) is 9.47 Å². The molecule has 5 rings (SSSR count). The van der Waals surface area contributed by atoms with E-state index in [-0.39, 0.29) is 23.5 Å². The van der Waals surface area contributed by atoms with Crippen molar-refractivity contribution in [3.8, 4) is 11.5 Å². The van der Waals surface area contributed by atoms with E-state index in [0.29, 0.717) is 28.3 Å². The number of hydrogen-bond acceptors (Lipinski definition) is 6. The molecule has 2 aliphatic heterocycles. The zero-order valence-electron chi connectivity index (χ0n) is 19.1. The topological polar surface area (TPSA) is 89.0 Å². The first-order valence-corrected chi connectivity index (χ1v) is 11.0. The van der Waals surface area contributed by atoms with Gasteiger partial charge < -0.3 is 14.6 Å². The highest BCUT2D eigenvalue weighted by Gasteiger charge is 2.47. The summed E-state index contributed by atoms with van der Waals surface area (Å²) in [6.07, 6.45) is 3.05. The van der Waals surface area contributed by atoms with Crippen LogP contribution in [0.2, 0.25) is 0 Å². The summed E-state index contributed by atoms with van der Waals surface area (Å²) in [6.45, 7) is 6.44. The van der Waals surface area contributed by atoms with Crippen molar-refractivity contribution < 1.29 is 24.2 Å². The van der Waals surface area contributed by atoms with Crippen LogP contribution in [-0.4, -0.2) is 28.6 Å². The smallest absolute Gasteiger partial charge is 0.300 e. The van der Waals surface area contributed by atoms with Crippen molar-refractivity contribution in [1.82, 2.24) is 4.98 Å². The fourth-order valence-electron chi connectivity index (χ4n) is 4.28. The number of anilines is 1. The molecule has 3 heterocycles. The predicted molar refractivity (Wildman–Crippen MR) is 127 cm³/mol. The Morgan fingerprint density at radius 3 is 2.32 bits per heavy atom. The molecule has 0 aliphatic carbocycles. The van der Waals surface area contributed by atoms with Gasteiger partial charge in [0.2, 0.25) is 6.79 Å². The minimum atomic E-state index is -0.817. The molecule has 1 N–H and O–H groups in total. The number of rotatable bonds is 3. The molecule has 0 saturated carbocycles. The summed E-state index contributed by atoms with van der Waals surface area (Å²) in [5.74, 6) is -0.649. The van der Waals surface area contributed by atoms with Crippen LogP contribution in [0.1, 0.15) is 43.5 Å². The normalized spacial score (nSPS) is 19.0. The monoisotopic (exact) mass is 456 g/mol. The van der Waals surface area contributed by atoms with Crippen LogP contribution >= 0.6 is 0 Å². The molecule has 0 radical (unpaired) electrons. The number of carbonyl (C=O) groups excluding carboxylic acids is 2. The highest BCUT2D eigenvalue weighted by atomic mass is 16.7. The number of Topliss-reactive ketones (excluding diaryl/α,β-unsaturated/α-hetero) is 1. The molecule has 0 bridgehead atoms. The number of pyridine rings is 1. The molecule has 7 heteroatoms. The summed E-state index contributed by atoms with van der Waals surface area (Å²) in [4.78, 5) is 32.0. The lowest BCUT2D eigenvalue weighted by Crippen LogP contribution is -2.29. The summed E-state index contributed by atoms with van der Waals surface area (Å²) < 4.78 is 10.9. The zero-order valence-corrected chi connectivity index (χ0v) is 19.1. The molecular formula is C27H24N2O5.